The van der Waals surface area contributed by atoms with Crippen LogP contribution in [0, 0.1) is 0 Å². The Kier molecular flexibility index (Phi) is 5.52. The average Bonchev–Trinajstić information content (AvgIpc) is 3.36. The summed E-state index contributed by atoms with van der Waals surface area (Å²) in [6.07, 6.45) is 1.72. The van der Waals surface area contributed by atoms with Crippen LogP contribution in [0.2, 0.25) is 0 Å². The van der Waals surface area contributed by atoms with Crippen LogP contribution in [0.3, 0.4) is 0 Å². The van der Waals surface area contributed by atoms with Crippen molar-refractivity contribution >= 4 is 43.2 Å². The van der Waals surface area contributed by atoms with Gasteiger partial charge in [-0.2, -0.15) is 0 Å². The van der Waals surface area contributed by atoms with Crippen molar-refractivity contribution in [3.05, 3.63) is 66.2 Å². The Morgan fingerprint density at radius 2 is 1.73 bits per heavy atom. The van der Waals surface area contributed by atoms with Crippen LogP contribution < -0.4 is 5.32 Å². The van der Waals surface area contributed by atoms with E-state index >= 15 is 0 Å². The van der Waals surface area contributed by atoms with E-state index in [-0.39, 0.29) is 10.8 Å². The number of carbonyl (C=O) groups is 1. The summed E-state index contributed by atoms with van der Waals surface area (Å²) in [6, 6.07) is 18.4. The van der Waals surface area contributed by atoms with Gasteiger partial charge < -0.3 is 0 Å². The minimum Gasteiger partial charge on any atom is -0.298 e. The summed E-state index contributed by atoms with van der Waals surface area (Å²) in [6.45, 7) is 2.48. The van der Waals surface area contributed by atoms with Crippen LogP contribution in [0.1, 0.15) is 30.1 Å². The number of nitrogens with one attached hydrogen (secondary N) is 1. The lowest BCUT2D eigenvalue weighted by atomic mass is 10.0. The molecule has 3 aromatic carbocycles. The third-order valence-electron chi connectivity index (χ3n) is 5.90. The molecule has 0 bridgehead atoms. The lowest BCUT2D eigenvalue weighted by molar-refractivity contribution is 0.102. The van der Waals surface area contributed by atoms with E-state index in [0.29, 0.717) is 17.2 Å². The topological polar surface area (TPSA) is 79.4 Å². The quantitative estimate of drug-likeness (QED) is 0.330. The van der Waals surface area contributed by atoms with Gasteiger partial charge in [-0.05, 0) is 41.5 Å². The van der Waals surface area contributed by atoms with E-state index in [1.165, 1.54) is 50.7 Å². The van der Waals surface area contributed by atoms with Crippen molar-refractivity contribution in [2.75, 3.05) is 18.9 Å². The van der Waals surface area contributed by atoms with E-state index in [9.17, 15) is 13.2 Å². The maximum atomic E-state index is 12.8. The highest BCUT2D eigenvalue weighted by Crippen LogP contribution is 2.50. The van der Waals surface area contributed by atoms with Crippen molar-refractivity contribution in [3.8, 4) is 21.7 Å². The zero-order chi connectivity index (χ0) is 23.2. The van der Waals surface area contributed by atoms with Crippen molar-refractivity contribution in [2.45, 2.75) is 24.7 Å². The smallest absolute Gasteiger partial charge is 0.257 e. The van der Waals surface area contributed by atoms with Gasteiger partial charge in [0.1, 0.15) is 0 Å². The monoisotopic (exact) mass is 477 g/mol. The molecule has 1 aromatic heterocycles. The number of hydrogen-bond donors (Lipinski definition) is 1. The van der Waals surface area contributed by atoms with Gasteiger partial charge in [0.05, 0.1) is 15.5 Å². The van der Waals surface area contributed by atoms with E-state index in [1.54, 1.807) is 7.05 Å². The van der Waals surface area contributed by atoms with E-state index in [2.05, 4.69) is 34.6 Å². The molecule has 8 heteroatoms. The number of rotatable bonds is 7. The third-order valence-corrected chi connectivity index (χ3v) is 8.78. The lowest BCUT2D eigenvalue weighted by Gasteiger charge is -2.16. The zero-order valence-corrected chi connectivity index (χ0v) is 20.0. The molecule has 0 fully saturated rings. The van der Waals surface area contributed by atoms with Crippen LogP contribution in [0.15, 0.2) is 65.6 Å². The standard InChI is InChI=1S/C25H23N3O3S2/c1-3-4-15-28(2)33(30,31)18-13-11-17(12-14-18)24(29)27-25-26-22-19-9-5-7-16-8-6-10-20(21(16)19)23(22)32-25/h5-14H,3-4,15H2,1-2H3,(H,26,27,29). The Balaban J connectivity index is 1.35. The van der Waals surface area contributed by atoms with Crippen molar-refractivity contribution in [1.29, 1.82) is 0 Å². The number of fused-ring (bicyclic) bond motifs is 3. The zero-order valence-electron chi connectivity index (χ0n) is 18.3. The molecule has 0 saturated heterocycles. The summed E-state index contributed by atoms with van der Waals surface area (Å²) >= 11 is 1.45. The fraction of sp³-hybridized carbons (Fsp3) is 0.200. The van der Waals surface area contributed by atoms with Gasteiger partial charge in [-0.1, -0.05) is 61.1 Å². The minimum atomic E-state index is -3.57. The number of carbonyl (C=O) groups excluding carboxylic acids is 1. The van der Waals surface area contributed by atoms with Gasteiger partial charge in [0.25, 0.3) is 5.91 Å². The number of anilines is 1. The summed E-state index contributed by atoms with van der Waals surface area (Å²) < 4.78 is 26.7. The minimum absolute atomic E-state index is 0.176. The lowest BCUT2D eigenvalue weighted by Crippen LogP contribution is -2.28. The summed E-state index contributed by atoms with van der Waals surface area (Å²) in [7, 11) is -1.99. The molecule has 1 aliphatic carbocycles. The number of unbranched alkanes of at least 4 members (excludes halogenated alkanes) is 1. The number of hydrogen-bond acceptors (Lipinski definition) is 5. The number of benzene rings is 3. The highest BCUT2D eigenvalue weighted by molar-refractivity contribution is 7.89. The van der Waals surface area contributed by atoms with Crippen LogP contribution in [0.25, 0.3) is 32.5 Å². The first-order valence-electron chi connectivity index (χ1n) is 10.8. The Labute approximate surface area is 197 Å². The molecule has 0 aliphatic heterocycles. The largest absolute Gasteiger partial charge is 0.298 e. The molecule has 1 heterocycles. The first kappa shape index (κ1) is 21.8. The van der Waals surface area contributed by atoms with E-state index < -0.39 is 10.0 Å². The molecule has 1 amide bonds. The van der Waals surface area contributed by atoms with Crippen LogP contribution in [0.4, 0.5) is 5.13 Å². The van der Waals surface area contributed by atoms with Crippen LogP contribution in [-0.2, 0) is 10.0 Å². The van der Waals surface area contributed by atoms with Gasteiger partial charge in [0.2, 0.25) is 10.0 Å². The second-order valence-electron chi connectivity index (χ2n) is 8.06. The Morgan fingerprint density at radius 1 is 1.03 bits per heavy atom. The molecule has 0 saturated carbocycles. The molecule has 1 N–H and O–H groups in total. The Bertz CT molecular complexity index is 1420. The molecular weight excluding hydrogens is 454 g/mol. The molecular formula is C25H23N3O3S2. The third kappa shape index (κ3) is 3.74. The highest BCUT2D eigenvalue weighted by atomic mass is 32.2. The SMILES string of the molecule is CCCCN(C)S(=O)(=O)c1ccc(C(=O)Nc2nc3c(s2)-c2cccc4cccc-3c24)cc1. The van der Waals surface area contributed by atoms with Crippen molar-refractivity contribution in [1.82, 2.24) is 9.29 Å². The van der Waals surface area contributed by atoms with Crippen molar-refractivity contribution in [3.63, 3.8) is 0 Å². The first-order chi connectivity index (χ1) is 15.9. The summed E-state index contributed by atoms with van der Waals surface area (Å²) in [5.74, 6) is -0.322. The van der Waals surface area contributed by atoms with Gasteiger partial charge >= 0.3 is 0 Å². The Hall–Kier alpha value is -3.07. The molecule has 0 radical (unpaired) electrons. The first-order valence-corrected chi connectivity index (χ1v) is 13.1. The second-order valence-corrected chi connectivity index (χ2v) is 11.1. The molecule has 33 heavy (non-hydrogen) atoms. The fourth-order valence-corrected chi connectivity index (χ4v) is 6.31. The number of sulfonamides is 1. The summed E-state index contributed by atoms with van der Waals surface area (Å²) in [5.41, 5.74) is 3.48. The van der Waals surface area contributed by atoms with Gasteiger partial charge in [-0.15, -0.1) is 0 Å². The second kappa shape index (κ2) is 8.37. The number of thiazole rings is 1. The average molecular weight is 478 g/mol. The van der Waals surface area contributed by atoms with E-state index in [4.69, 9.17) is 0 Å². The predicted molar refractivity (Wildman–Crippen MR) is 133 cm³/mol. The van der Waals surface area contributed by atoms with Gasteiger partial charge in [-0.3, -0.25) is 10.1 Å². The van der Waals surface area contributed by atoms with E-state index in [1.807, 2.05) is 19.1 Å². The maximum absolute atomic E-state index is 12.8. The Morgan fingerprint density at radius 3 is 2.42 bits per heavy atom. The summed E-state index contributed by atoms with van der Waals surface area (Å²) in [5, 5.41) is 5.77. The van der Waals surface area contributed by atoms with Crippen LogP contribution >= 0.6 is 11.3 Å². The number of amides is 1. The molecule has 0 atom stereocenters. The van der Waals surface area contributed by atoms with Gasteiger partial charge in [0.15, 0.2) is 5.13 Å². The van der Waals surface area contributed by atoms with Gasteiger partial charge in [0, 0.05) is 30.3 Å². The highest BCUT2D eigenvalue weighted by Gasteiger charge is 2.26. The molecule has 6 nitrogen and oxygen atoms in total. The fourth-order valence-electron chi connectivity index (χ4n) is 4.09. The van der Waals surface area contributed by atoms with Crippen LogP contribution in [-0.4, -0.2) is 37.2 Å². The molecule has 0 spiro atoms. The van der Waals surface area contributed by atoms with Crippen molar-refractivity contribution in [2.24, 2.45) is 0 Å². The predicted octanol–water partition coefficient (Wildman–Crippen LogP) is 5.62. The molecule has 0 unspecified atom stereocenters. The normalized spacial score (nSPS) is 12.3. The molecule has 168 valence electrons. The molecule has 4 aromatic rings. The van der Waals surface area contributed by atoms with Crippen LogP contribution in [0.5, 0.6) is 0 Å². The summed E-state index contributed by atoms with van der Waals surface area (Å²) in [4.78, 5) is 18.7. The number of nitrogens with zero attached hydrogens (tertiary/aromatic N) is 2. The molecule has 1 aliphatic rings. The van der Waals surface area contributed by atoms with Crippen molar-refractivity contribution < 1.29 is 13.2 Å². The molecule has 5 rings (SSSR count). The van der Waals surface area contributed by atoms with E-state index in [0.717, 1.165) is 34.5 Å². The number of aromatic nitrogens is 1. The maximum Gasteiger partial charge on any atom is 0.257 e. The van der Waals surface area contributed by atoms with Gasteiger partial charge in [-0.25, -0.2) is 17.7 Å².